The molecule has 9 nitrogen and oxygen atoms in total. The molecule has 1 heterocycles. The molecule has 0 saturated carbocycles. The maximum absolute atomic E-state index is 11.5. The van der Waals surface area contributed by atoms with Gasteiger partial charge in [-0.15, -0.1) is 0 Å². The summed E-state index contributed by atoms with van der Waals surface area (Å²) in [5.41, 5.74) is 3.76. The summed E-state index contributed by atoms with van der Waals surface area (Å²) < 4.78 is 27.2. The van der Waals surface area contributed by atoms with Crippen LogP contribution >= 0.6 is 0 Å². The molecule has 1 fully saturated rings. The van der Waals surface area contributed by atoms with Gasteiger partial charge in [0, 0.05) is 20.8 Å². The van der Waals surface area contributed by atoms with Crippen molar-refractivity contribution in [1.82, 2.24) is 0 Å². The fourth-order valence-corrected chi connectivity index (χ4v) is 2.58. The summed E-state index contributed by atoms with van der Waals surface area (Å²) in [5.74, 6) is -1.74. The molecule has 1 aliphatic heterocycles. The number of ether oxygens (including phenoxy) is 5. The number of carbonyl (C=O) groups excluding carboxylic acids is 3. The van der Waals surface area contributed by atoms with Crippen molar-refractivity contribution in [3.8, 4) is 0 Å². The van der Waals surface area contributed by atoms with Crippen LogP contribution in [-0.2, 0) is 38.1 Å². The van der Waals surface area contributed by atoms with Gasteiger partial charge in [-0.2, -0.15) is 0 Å². The van der Waals surface area contributed by atoms with Crippen LogP contribution in [0.2, 0.25) is 0 Å². The third-order valence-electron chi connectivity index (χ3n) is 3.56. The number of rotatable bonds is 8. The second-order valence-corrected chi connectivity index (χ2v) is 5.86. The summed E-state index contributed by atoms with van der Waals surface area (Å²) in [6.45, 7) is 6.50. The van der Waals surface area contributed by atoms with E-state index < -0.39 is 48.6 Å². The van der Waals surface area contributed by atoms with Gasteiger partial charge in [-0.1, -0.05) is 0 Å². The molecular formula is C16H28BrNO8. The standard InChI is InChI=1S/C16H27NO8.BrH/c1-9-13(23-10(2)18)14(24-11(3)19)15(25-12(4)20)16(22-9)21-8-6-5-7-17;/h9,13-16H,5-8,17H2,1-4H3;1H/t9-,13+,14+,15-,16?;/m0./s1. The first-order chi connectivity index (χ1) is 11.8. The lowest BCUT2D eigenvalue weighted by Crippen LogP contribution is -3.00. The maximum Gasteiger partial charge on any atom is 0.303 e. The van der Waals surface area contributed by atoms with Gasteiger partial charge >= 0.3 is 17.9 Å². The Balaban J connectivity index is 0.00000625. The van der Waals surface area contributed by atoms with E-state index in [9.17, 15) is 14.4 Å². The number of hydrogen-bond acceptors (Lipinski definition) is 8. The van der Waals surface area contributed by atoms with Gasteiger partial charge in [-0.3, -0.25) is 14.4 Å². The smallest absolute Gasteiger partial charge is 0.303 e. The third kappa shape index (κ3) is 7.98. The first-order valence-corrected chi connectivity index (χ1v) is 8.34. The van der Waals surface area contributed by atoms with Crippen molar-refractivity contribution < 1.29 is 60.8 Å². The van der Waals surface area contributed by atoms with E-state index in [4.69, 9.17) is 23.7 Å². The van der Waals surface area contributed by atoms with Crippen molar-refractivity contribution in [1.29, 1.82) is 0 Å². The Labute approximate surface area is 163 Å². The van der Waals surface area contributed by atoms with E-state index in [2.05, 4.69) is 5.73 Å². The molecule has 1 saturated heterocycles. The highest BCUT2D eigenvalue weighted by atomic mass is 79.9. The maximum atomic E-state index is 11.5. The van der Waals surface area contributed by atoms with E-state index in [0.29, 0.717) is 6.61 Å². The molecule has 0 aromatic heterocycles. The van der Waals surface area contributed by atoms with Crippen LogP contribution in [0.25, 0.3) is 0 Å². The van der Waals surface area contributed by atoms with E-state index in [1.165, 1.54) is 20.8 Å². The van der Waals surface area contributed by atoms with Gasteiger partial charge in [0.25, 0.3) is 0 Å². The van der Waals surface area contributed by atoms with Gasteiger partial charge in [0.2, 0.25) is 0 Å². The molecule has 26 heavy (non-hydrogen) atoms. The van der Waals surface area contributed by atoms with Crippen molar-refractivity contribution in [2.45, 2.75) is 71.2 Å². The highest BCUT2D eigenvalue weighted by molar-refractivity contribution is 5.68. The summed E-state index contributed by atoms with van der Waals surface area (Å²) in [5, 5.41) is 0. The van der Waals surface area contributed by atoms with Crippen LogP contribution in [0.15, 0.2) is 0 Å². The fourth-order valence-electron chi connectivity index (χ4n) is 2.58. The molecule has 5 atom stereocenters. The van der Waals surface area contributed by atoms with Crippen molar-refractivity contribution in [2.24, 2.45) is 0 Å². The second-order valence-electron chi connectivity index (χ2n) is 5.86. The van der Waals surface area contributed by atoms with Crippen LogP contribution < -0.4 is 22.7 Å². The van der Waals surface area contributed by atoms with Crippen LogP contribution in [0.1, 0.15) is 40.5 Å². The minimum atomic E-state index is -1.04. The number of unbranched alkanes of at least 4 members (excludes halogenated alkanes) is 1. The molecule has 0 amide bonds. The van der Waals surface area contributed by atoms with Crippen molar-refractivity contribution >= 4 is 17.9 Å². The molecule has 152 valence electrons. The number of hydrogen-bond donors (Lipinski definition) is 1. The molecule has 10 heteroatoms. The molecule has 3 N–H and O–H groups in total. The zero-order valence-electron chi connectivity index (χ0n) is 15.6. The average molecular weight is 442 g/mol. The predicted molar refractivity (Wildman–Crippen MR) is 83.9 cm³/mol. The van der Waals surface area contributed by atoms with E-state index in [1.54, 1.807) is 6.92 Å². The average Bonchev–Trinajstić information content (AvgIpc) is 2.49. The lowest BCUT2D eigenvalue weighted by atomic mass is 9.99. The van der Waals surface area contributed by atoms with E-state index in [-0.39, 0.29) is 17.0 Å². The Kier molecular flexibility index (Phi) is 11.6. The molecule has 0 bridgehead atoms. The zero-order valence-corrected chi connectivity index (χ0v) is 17.2. The zero-order chi connectivity index (χ0) is 19.0. The summed E-state index contributed by atoms with van der Waals surface area (Å²) in [4.78, 5) is 34.4. The quantitative estimate of drug-likeness (QED) is 0.234. The van der Waals surface area contributed by atoms with Crippen LogP contribution in [0.3, 0.4) is 0 Å². The van der Waals surface area contributed by atoms with Gasteiger partial charge in [-0.05, 0) is 19.8 Å². The summed E-state index contributed by atoms with van der Waals surface area (Å²) in [6, 6.07) is 0. The summed E-state index contributed by atoms with van der Waals surface area (Å²) in [6.07, 6.45) is -2.88. The minimum Gasteiger partial charge on any atom is -1.00 e. The normalized spacial score (nSPS) is 27.8. The molecule has 1 rings (SSSR count). The molecule has 0 aromatic carbocycles. The van der Waals surface area contributed by atoms with Crippen LogP contribution in [0.4, 0.5) is 0 Å². The Morgan fingerprint density at radius 1 is 0.885 bits per heavy atom. The lowest BCUT2D eigenvalue weighted by Gasteiger charge is -2.43. The highest BCUT2D eigenvalue weighted by Gasteiger charge is 2.50. The Bertz CT molecular complexity index is 475. The molecule has 1 aliphatic rings. The lowest BCUT2D eigenvalue weighted by molar-refractivity contribution is -0.369. The Morgan fingerprint density at radius 3 is 1.88 bits per heavy atom. The van der Waals surface area contributed by atoms with Crippen LogP contribution in [0, 0.1) is 0 Å². The molecule has 0 spiro atoms. The van der Waals surface area contributed by atoms with E-state index in [1.807, 2.05) is 0 Å². The molecular weight excluding hydrogens is 414 g/mol. The summed E-state index contributed by atoms with van der Waals surface area (Å²) >= 11 is 0. The molecule has 0 radical (unpaired) electrons. The minimum absolute atomic E-state index is 0. The van der Waals surface area contributed by atoms with E-state index >= 15 is 0 Å². The Morgan fingerprint density at radius 2 is 1.38 bits per heavy atom. The largest absolute Gasteiger partial charge is 1.00 e. The monoisotopic (exact) mass is 441 g/mol. The second kappa shape index (κ2) is 12.2. The van der Waals surface area contributed by atoms with Crippen molar-refractivity contribution in [3.05, 3.63) is 0 Å². The number of esters is 3. The predicted octanol–water partition coefficient (Wildman–Crippen LogP) is -3.43. The first kappa shape index (κ1) is 24.8. The van der Waals surface area contributed by atoms with Crippen molar-refractivity contribution in [3.63, 3.8) is 0 Å². The van der Waals surface area contributed by atoms with Crippen LogP contribution in [0.5, 0.6) is 0 Å². The van der Waals surface area contributed by atoms with Crippen LogP contribution in [-0.4, -0.2) is 61.8 Å². The first-order valence-electron chi connectivity index (χ1n) is 8.34. The van der Waals surface area contributed by atoms with Gasteiger partial charge in [0.05, 0.1) is 19.3 Å². The molecule has 0 aliphatic carbocycles. The molecule has 1 unspecified atom stereocenters. The number of carbonyl (C=O) groups is 3. The van der Waals surface area contributed by atoms with Gasteiger partial charge < -0.3 is 46.4 Å². The van der Waals surface area contributed by atoms with Gasteiger partial charge in [-0.25, -0.2) is 0 Å². The van der Waals surface area contributed by atoms with E-state index in [0.717, 1.165) is 19.4 Å². The topological polar surface area (TPSA) is 125 Å². The number of quaternary nitrogens is 1. The molecule has 0 aromatic rings. The summed E-state index contributed by atoms with van der Waals surface area (Å²) in [7, 11) is 0. The van der Waals surface area contributed by atoms with Crippen molar-refractivity contribution in [2.75, 3.05) is 13.2 Å². The number of halogens is 1. The van der Waals surface area contributed by atoms with Gasteiger partial charge in [0.1, 0.15) is 0 Å². The van der Waals surface area contributed by atoms with Gasteiger partial charge in [0.15, 0.2) is 24.6 Å². The fraction of sp³-hybridized carbons (Fsp3) is 0.812. The third-order valence-corrected chi connectivity index (χ3v) is 3.56. The Hall–Kier alpha value is -1.23. The highest BCUT2D eigenvalue weighted by Crippen LogP contribution is 2.29. The SMILES string of the molecule is CC(=O)O[C@@H]1[C@H](OC(C)=O)[C@H](C)OC(OCCCC[NH3+])[C@H]1OC(C)=O.[Br-].